The fourth-order valence-corrected chi connectivity index (χ4v) is 3.26. The highest BCUT2D eigenvalue weighted by Gasteiger charge is 2.31. The fourth-order valence-electron chi connectivity index (χ4n) is 3.26. The predicted molar refractivity (Wildman–Crippen MR) is 90.6 cm³/mol. The van der Waals surface area contributed by atoms with Crippen LogP contribution in [0.1, 0.15) is 29.4 Å². The molecule has 122 valence electrons. The Balaban J connectivity index is 1.50. The van der Waals surface area contributed by atoms with E-state index < -0.39 is 0 Å². The van der Waals surface area contributed by atoms with Gasteiger partial charge in [0.2, 0.25) is 0 Å². The number of fused-ring (bicyclic) bond motifs is 1. The lowest BCUT2D eigenvalue weighted by Crippen LogP contribution is -2.32. The van der Waals surface area contributed by atoms with Crippen LogP contribution in [0.4, 0.5) is 0 Å². The quantitative estimate of drug-likeness (QED) is 0.853. The molecule has 1 unspecified atom stereocenters. The van der Waals surface area contributed by atoms with E-state index in [-0.39, 0.29) is 11.8 Å². The Kier molecular flexibility index (Phi) is 3.76. The van der Waals surface area contributed by atoms with E-state index in [1.165, 1.54) is 0 Å². The number of carbonyl (C=O) groups excluding carboxylic acids is 1. The number of nitrogens with zero attached hydrogens (tertiary/aromatic N) is 3. The van der Waals surface area contributed by atoms with Crippen LogP contribution in [0, 0.1) is 6.92 Å². The first-order valence-electron chi connectivity index (χ1n) is 8.22. The molecule has 0 radical (unpaired) electrons. The summed E-state index contributed by atoms with van der Waals surface area (Å²) >= 11 is 0. The Bertz CT molecular complexity index is 816. The van der Waals surface area contributed by atoms with Crippen molar-refractivity contribution in [3.05, 3.63) is 59.2 Å². The average molecular weight is 321 g/mol. The summed E-state index contributed by atoms with van der Waals surface area (Å²) in [6.45, 7) is 3.70. The minimum absolute atomic E-state index is 0.0552. The summed E-state index contributed by atoms with van der Waals surface area (Å²) in [7, 11) is 0. The van der Waals surface area contributed by atoms with E-state index >= 15 is 0 Å². The Morgan fingerprint density at radius 3 is 3.04 bits per heavy atom. The molecule has 0 N–H and O–H groups in total. The molecule has 1 aromatic carbocycles. The van der Waals surface area contributed by atoms with Gasteiger partial charge in [-0.25, -0.2) is 9.97 Å². The third kappa shape index (κ3) is 2.77. The van der Waals surface area contributed by atoms with Crippen molar-refractivity contribution in [1.82, 2.24) is 14.9 Å². The van der Waals surface area contributed by atoms with Crippen LogP contribution in [0.2, 0.25) is 0 Å². The first kappa shape index (κ1) is 14.9. The SMILES string of the molecule is Cc1ccnc(C2CCN(C(=O)C3=Cc4ccccc4OC3)C2)n1. The third-order valence-corrected chi connectivity index (χ3v) is 4.56. The van der Waals surface area contributed by atoms with Crippen LogP contribution in [0.25, 0.3) is 6.08 Å². The molecule has 24 heavy (non-hydrogen) atoms. The van der Waals surface area contributed by atoms with E-state index in [2.05, 4.69) is 9.97 Å². The molecule has 5 heteroatoms. The Labute approximate surface area is 141 Å². The molecular formula is C19H19N3O2. The van der Waals surface area contributed by atoms with Gasteiger partial charge in [-0.1, -0.05) is 18.2 Å². The molecule has 5 nitrogen and oxygen atoms in total. The number of aryl methyl sites for hydroxylation is 1. The molecule has 4 rings (SSSR count). The minimum atomic E-state index is 0.0552. The molecule has 3 heterocycles. The van der Waals surface area contributed by atoms with Crippen LogP contribution in [0.3, 0.4) is 0 Å². The van der Waals surface area contributed by atoms with Gasteiger partial charge in [0.15, 0.2) is 0 Å². The highest BCUT2D eigenvalue weighted by Crippen LogP contribution is 2.29. The topological polar surface area (TPSA) is 55.3 Å². The third-order valence-electron chi connectivity index (χ3n) is 4.56. The molecule has 0 bridgehead atoms. The maximum absolute atomic E-state index is 12.8. The van der Waals surface area contributed by atoms with Crippen molar-refractivity contribution in [2.75, 3.05) is 19.7 Å². The molecule has 1 amide bonds. The lowest BCUT2D eigenvalue weighted by Gasteiger charge is -2.22. The van der Waals surface area contributed by atoms with Crippen molar-refractivity contribution < 1.29 is 9.53 Å². The lowest BCUT2D eigenvalue weighted by atomic mass is 10.1. The summed E-state index contributed by atoms with van der Waals surface area (Å²) in [6.07, 6.45) is 4.63. The monoisotopic (exact) mass is 321 g/mol. The van der Waals surface area contributed by atoms with Crippen molar-refractivity contribution in [3.8, 4) is 5.75 Å². The van der Waals surface area contributed by atoms with E-state index in [4.69, 9.17) is 4.74 Å². The van der Waals surface area contributed by atoms with Crippen LogP contribution >= 0.6 is 0 Å². The van der Waals surface area contributed by atoms with Crippen molar-refractivity contribution in [2.45, 2.75) is 19.3 Å². The summed E-state index contributed by atoms with van der Waals surface area (Å²) in [5, 5.41) is 0. The lowest BCUT2D eigenvalue weighted by molar-refractivity contribution is -0.126. The summed E-state index contributed by atoms with van der Waals surface area (Å²) in [5.41, 5.74) is 2.63. The standard InChI is InChI=1S/C19H19N3O2/c1-13-6-8-20-18(21-13)15-7-9-22(11-15)19(23)16-10-14-4-2-3-5-17(14)24-12-16/h2-6,8,10,15H,7,9,11-12H2,1H3. The second kappa shape index (κ2) is 6.07. The molecule has 1 aromatic heterocycles. The van der Waals surface area contributed by atoms with Crippen LogP contribution in [-0.2, 0) is 4.79 Å². The van der Waals surface area contributed by atoms with Gasteiger partial charge in [-0.05, 0) is 31.6 Å². The summed E-state index contributed by atoms with van der Waals surface area (Å²) in [4.78, 5) is 23.6. The summed E-state index contributed by atoms with van der Waals surface area (Å²) in [5.74, 6) is 1.94. The van der Waals surface area contributed by atoms with Gasteiger partial charge in [0.05, 0.1) is 5.57 Å². The van der Waals surface area contributed by atoms with E-state index in [0.717, 1.165) is 35.8 Å². The molecule has 1 atom stereocenters. The van der Waals surface area contributed by atoms with E-state index in [9.17, 15) is 4.79 Å². The van der Waals surface area contributed by atoms with Gasteiger partial charge in [-0.3, -0.25) is 4.79 Å². The summed E-state index contributed by atoms with van der Waals surface area (Å²) < 4.78 is 5.70. The first-order chi connectivity index (χ1) is 11.7. The number of carbonyl (C=O) groups is 1. The minimum Gasteiger partial charge on any atom is -0.488 e. The Morgan fingerprint density at radius 1 is 1.29 bits per heavy atom. The van der Waals surface area contributed by atoms with Crippen molar-refractivity contribution in [1.29, 1.82) is 0 Å². The summed E-state index contributed by atoms with van der Waals surface area (Å²) in [6, 6.07) is 9.67. The number of ether oxygens (including phenoxy) is 1. The van der Waals surface area contributed by atoms with Crippen LogP contribution in [0.15, 0.2) is 42.1 Å². The van der Waals surface area contributed by atoms with E-state index in [0.29, 0.717) is 18.7 Å². The van der Waals surface area contributed by atoms with Crippen molar-refractivity contribution in [2.24, 2.45) is 0 Å². The van der Waals surface area contributed by atoms with Gasteiger partial charge < -0.3 is 9.64 Å². The van der Waals surface area contributed by atoms with Gasteiger partial charge in [0.25, 0.3) is 5.91 Å². The molecule has 1 fully saturated rings. The number of amides is 1. The molecule has 2 aromatic rings. The maximum Gasteiger partial charge on any atom is 0.253 e. The molecule has 0 aliphatic carbocycles. The highest BCUT2D eigenvalue weighted by atomic mass is 16.5. The largest absolute Gasteiger partial charge is 0.488 e. The average Bonchev–Trinajstić information content (AvgIpc) is 3.11. The van der Waals surface area contributed by atoms with E-state index in [1.807, 2.05) is 48.2 Å². The molecule has 0 saturated carbocycles. The zero-order valence-corrected chi connectivity index (χ0v) is 13.6. The second-order valence-electron chi connectivity index (χ2n) is 6.29. The number of aromatic nitrogens is 2. The number of hydrogen-bond donors (Lipinski definition) is 0. The number of hydrogen-bond acceptors (Lipinski definition) is 4. The number of benzene rings is 1. The van der Waals surface area contributed by atoms with Gasteiger partial charge in [0, 0.05) is 36.5 Å². The highest BCUT2D eigenvalue weighted by molar-refractivity contribution is 5.99. The van der Waals surface area contributed by atoms with Gasteiger partial charge in [0.1, 0.15) is 18.2 Å². The van der Waals surface area contributed by atoms with Crippen LogP contribution in [-0.4, -0.2) is 40.5 Å². The maximum atomic E-state index is 12.8. The van der Waals surface area contributed by atoms with Crippen molar-refractivity contribution in [3.63, 3.8) is 0 Å². The number of rotatable bonds is 2. The number of likely N-dealkylation sites (tertiary alicyclic amines) is 1. The Morgan fingerprint density at radius 2 is 2.17 bits per heavy atom. The van der Waals surface area contributed by atoms with Crippen LogP contribution in [0.5, 0.6) is 5.75 Å². The smallest absolute Gasteiger partial charge is 0.253 e. The van der Waals surface area contributed by atoms with Crippen molar-refractivity contribution >= 4 is 12.0 Å². The molecule has 2 aliphatic rings. The molecule has 0 spiro atoms. The first-order valence-corrected chi connectivity index (χ1v) is 8.22. The molecule has 2 aliphatic heterocycles. The van der Waals surface area contributed by atoms with E-state index in [1.54, 1.807) is 6.20 Å². The van der Waals surface area contributed by atoms with Gasteiger partial charge in [-0.15, -0.1) is 0 Å². The normalized spacial score (nSPS) is 19.5. The fraction of sp³-hybridized carbons (Fsp3) is 0.316. The zero-order valence-electron chi connectivity index (χ0n) is 13.6. The molecular weight excluding hydrogens is 302 g/mol. The molecule has 1 saturated heterocycles. The predicted octanol–water partition coefficient (Wildman–Crippen LogP) is 2.58. The Hall–Kier alpha value is -2.69. The van der Waals surface area contributed by atoms with Gasteiger partial charge >= 0.3 is 0 Å². The second-order valence-corrected chi connectivity index (χ2v) is 6.29. The van der Waals surface area contributed by atoms with Gasteiger partial charge in [-0.2, -0.15) is 0 Å². The zero-order chi connectivity index (χ0) is 16.5. The van der Waals surface area contributed by atoms with Crippen LogP contribution < -0.4 is 4.74 Å². The number of para-hydroxylation sites is 1.